The molecule has 0 radical (unpaired) electrons. The molecule has 0 aliphatic heterocycles. The fourth-order valence-corrected chi connectivity index (χ4v) is 6.04. The number of hydrogen-bond acceptors (Lipinski definition) is 3. The zero-order valence-corrected chi connectivity index (χ0v) is 25.2. The molecule has 1 saturated carbocycles. The molecule has 224 valence electrons. The van der Waals surface area contributed by atoms with Crippen molar-refractivity contribution in [3.8, 4) is 11.1 Å². The number of benzene rings is 3. The zero-order chi connectivity index (χ0) is 29.9. The summed E-state index contributed by atoms with van der Waals surface area (Å²) in [7, 11) is 1.66. The first-order valence-corrected chi connectivity index (χ1v) is 15.5. The lowest BCUT2D eigenvalue weighted by Crippen LogP contribution is -2.48. The number of carbonyl (C=O) groups excluding carboxylic acids is 2. The molecule has 4 aromatic rings. The van der Waals surface area contributed by atoms with Gasteiger partial charge in [-0.2, -0.15) is 0 Å². The van der Waals surface area contributed by atoms with Crippen molar-refractivity contribution in [3.63, 3.8) is 0 Å². The molecule has 1 aliphatic rings. The Bertz CT molecular complexity index is 1430. The largest absolute Gasteiger partial charge is 0.385 e. The minimum Gasteiger partial charge on any atom is -0.385 e. The summed E-state index contributed by atoms with van der Waals surface area (Å²) >= 11 is 0. The van der Waals surface area contributed by atoms with E-state index in [1.54, 1.807) is 12.0 Å². The minimum absolute atomic E-state index is 0.00559. The first-order chi connectivity index (χ1) is 21.1. The topological polar surface area (TPSA) is 54.8 Å². The van der Waals surface area contributed by atoms with Crippen molar-refractivity contribution in [1.29, 1.82) is 0 Å². The molecule has 0 spiro atoms. The number of hydrogen-bond donors (Lipinski definition) is 0. The van der Waals surface area contributed by atoms with Crippen LogP contribution >= 0.6 is 0 Å². The Labute approximate surface area is 255 Å². The number of methoxy groups -OCH3 is 1. The highest BCUT2D eigenvalue weighted by atomic mass is 16.5. The average Bonchev–Trinajstić information content (AvgIpc) is 3.50. The Hall–Kier alpha value is -4.16. The van der Waals surface area contributed by atoms with Crippen molar-refractivity contribution in [2.24, 2.45) is 0 Å². The van der Waals surface area contributed by atoms with Gasteiger partial charge in [0.15, 0.2) is 0 Å². The molecule has 43 heavy (non-hydrogen) atoms. The lowest BCUT2D eigenvalue weighted by molar-refractivity contribution is -0.135. The summed E-state index contributed by atoms with van der Waals surface area (Å²) < 4.78 is 7.52. The van der Waals surface area contributed by atoms with Gasteiger partial charge < -0.3 is 19.1 Å². The normalized spacial score (nSPS) is 13.5. The van der Waals surface area contributed by atoms with Gasteiger partial charge in [0, 0.05) is 50.3 Å². The highest BCUT2D eigenvalue weighted by Gasteiger charge is 2.29. The summed E-state index contributed by atoms with van der Waals surface area (Å²) in [5.74, 6) is -0.119. The smallest absolute Gasteiger partial charge is 0.254 e. The van der Waals surface area contributed by atoms with Gasteiger partial charge in [0.2, 0.25) is 5.91 Å². The monoisotopic (exact) mass is 577 g/mol. The van der Waals surface area contributed by atoms with Crippen molar-refractivity contribution in [2.75, 3.05) is 26.8 Å². The molecule has 0 unspecified atom stereocenters. The van der Waals surface area contributed by atoms with Crippen LogP contribution in [-0.4, -0.2) is 59.0 Å². The Morgan fingerprint density at radius 2 is 1.49 bits per heavy atom. The van der Waals surface area contributed by atoms with Crippen molar-refractivity contribution in [2.45, 2.75) is 57.7 Å². The SMILES string of the molecule is COCCCN(CC(=O)N(Cc1cccn1Cc1ccccc1)C1CCCCC1)C(=O)c1ccc(-c2ccccc2)cc1. The summed E-state index contributed by atoms with van der Waals surface area (Å²) in [6.07, 6.45) is 8.23. The van der Waals surface area contributed by atoms with Crippen LogP contribution in [0.15, 0.2) is 103 Å². The third-order valence-electron chi connectivity index (χ3n) is 8.42. The van der Waals surface area contributed by atoms with Crippen LogP contribution < -0.4 is 0 Å². The van der Waals surface area contributed by atoms with Crippen molar-refractivity contribution >= 4 is 11.8 Å². The van der Waals surface area contributed by atoms with E-state index in [9.17, 15) is 9.59 Å². The molecular weight excluding hydrogens is 534 g/mol. The molecule has 0 bridgehead atoms. The van der Waals surface area contributed by atoms with Crippen LogP contribution in [0.1, 0.15) is 60.1 Å². The predicted octanol–water partition coefficient (Wildman–Crippen LogP) is 7.04. The van der Waals surface area contributed by atoms with Gasteiger partial charge in [-0.15, -0.1) is 0 Å². The highest BCUT2D eigenvalue weighted by molar-refractivity contribution is 5.97. The fraction of sp³-hybridized carbons (Fsp3) is 0.351. The molecule has 6 nitrogen and oxygen atoms in total. The molecule has 0 N–H and O–H groups in total. The zero-order valence-electron chi connectivity index (χ0n) is 25.2. The van der Waals surface area contributed by atoms with Crippen LogP contribution in [0.2, 0.25) is 0 Å². The first kappa shape index (κ1) is 30.3. The van der Waals surface area contributed by atoms with E-state index in [-0.39, 0.29) is 24.4 Å². The number of rotatable bonds is 13. The van der Waals surface area contributed by atoms with E-state index in [0.717, 1.165) is 49.0 Å². The molecule has 1 heterocycles. The molecule has 1 fully saturated rings. The lowest BCUT2D eigenvalue weighted by atomic mass is 9.94. The van der Waals surface area contributed by atoms with E-state index in [4.69, 9.17) is 4.74 Å². The van der Waals surface area contributed by atoms with E-state index >= 15 is 0 Å². The molecule has 1 aliphatic carbocycles. The van der Waals surface area contributed by atoms with Gasteiger partial charge in [-0.25, -0.2) is 0 Å². The van der Waals surface area contributed by atoms with Gasteiger partial charge in [0.1, 0.15) is 6.54 Å². The summed E-state index contributed by atoms with van der Waals surface area (Å²) in [6, 6.07) is 32.6. The van der Waals surface area contributed by atoms with E-state index in [0.29, 0.717) is 31.7 Å². The van der Waals surface area contributed by atoms with E-state index in [1.807, 2.05) is 53.4 Å². The molecule has 2 amide bonds. The second-order valence-electron chi connectivity index (χ2n) is 11.4. The number of amides is 2. The van der Waals surface area contributed by atoms with E-state index in [2.05, 4.69) is 59.3 Å². The van der Waals surface area contributed by atoms with Gasteiger partial charge in [0.05, 0.1) is 6.54 Å². The van der Waals surface area contributed by atoms with Crippen LogP contribution in [-0.2, 0) is 22.6 Å². The Balaban J connectivity index is 1.34. The minimum atomic E-state index is -0.125. The molecular formula is C37H43N3O3. The first-order valence-electron chi connectivity index (χ1n) is 15.5. The third kappa shape index (κ3) is 8.23. The molecule has 0 saturated heterocycles. The van der Waals surface area contributed by atoms with Crippen molar-refractivity contribution < 1.29 is 14.3 Å². The second-order valence-corrected chi connectivity index (χ2v) is 11.4. The van der Waals surface area contributed by atoms with Gasteiger partial charge in [-0.1, -0.05) is 92.1 Å². The maximum absolute atomic E-state index is 14.1. The molecule has 6 heteroatoms. The highest BCUT2D eigenvalue weighted by Crippen LogP contribution is 2.26. The van der Waals surface area contributed by atoms with Gasteiger partial charge >= 0.3 is 0 Å². The summed E-state index contributed by atoms with van der Waals surface area (Å²) in [5, 5.41) is 0. The molecule has 1 aromatic heterocycles. The van der Waals surface area contributed by atoms with Crippen LogP contribution in [0.5, 0.6) is 0 Å². The fourth-order valence-electron chi connectivity index (χ4n) is 6.04. The van der Waals surface area contributed by atoms with Gasteiger partial charge in [-0.3, -0.25) is 9.59 Å². The van der Waals surface area contributed by atoms with Crippen LogP contribution in [0.3, 0.4) is 0 Å². The Morgan fingerprint density at radius 1 is 0.814 bits per heavy atom. The van der Waals surface area contributed by atoms with Gasteiger partial charge in [-0.05, 0) is 60.2 Å². The Kier molecular flexibility index (Phi) is 10.8. The maximum atomic E-state index is 14.1. The molecule has 5 rings (SSSR count). The Morgan fingerprint density at radius 3 is 2.19 bits per heavy atom. The standard InChI is InChI=1S/C37H43N3O3/c1-43-26-12-25-39(37(42)33-22-20-32(21-23-33)31-15-7-3-8-16-31)29-36(41)40(34-17-9-4-10-18-34)28-35-19-11-24-38(35)27-30-13-5-2-6-14-30/h2-3,5-8,11,13-16,19-24,34H,4,9-10,12,17-18,25-29H2,1H3. The number of ether oxygens (including phenoxy) is 1. The average molecular weight is 578 g/mol. The molecule has 3 aromatic carbocycles. The van der Waals surface area contributed by atoms with Crippen LogP contribution in [0.4, 0.5) is 0 Å². The second kappa shape index (κ2) is 15.4. The quantitative estimate of drug-likeness (QED) is 0.160. The van der Waals surface area contributed by atoms with E-state index in [1.165, 1.54) is 12.0 Å². The lowest BCUT2D eigenvalue weighted by Gasteiger charge is -2.36. The maximum Gasteiger partial charge on any atom is 0.254 e. The van der Waals surface area contributed by atoms with Crippen molar-refractivity contribution in [1.82, 2.24) is 14.4 Å². The summed E-state index contributed by atoms with van der Waals surface area (Å²) in [4.78, 5) is 31.7. The summed E-state index contributed by atoms with van der Waals surface area (Å²) in [5.41, 5.74) is 5.08. The predicted molar refractivity (Wildman–Crippen MR) is 172 cm³/mol. The summed E-state index contributed by atoms with van der Waals surface area (Å²) in [6.45, 7) is 2.34. The van der Waals surface area contributed by atoms with Crippen LogP contribution in [0.25, 0.3) is 11.1 Å². The van der Waals surface area contributed by atoms with Crippen LogP contribution in [0, 0.1) is 0 Å². The number of carbonyl (C=O) groups is 2. The number of aromatic nitrogens is 1. The third-order valence-corrected chi connectivity index (χ3v) is 8.42. The van der Waals surface area contributed by atoms with Gasteiger partial charge in [0.25, 0.3) is 5.91 Å². The number of nitrogens with zero attached hydrogens (tertiary/aromatic N) is 3. The van der Waals surface area contributed by atoms with Crippen molar-refractivity contribution in [3.05, 3.63) is 120 Å². The molecule has 0 atom stereocenters. The van der Waals surface area contributed by atoms with E-state index < -0.39 is 0 Å².